The number of rotatable bonds is 3. The highest BCUT2D eigenvalue weighted by molar-refractivity contribution is 5.95. The topological polar surface area (TPSA) is 74.0 Å². The maximum Gasteiger partial charge on any atom is 0.372 e. The molecular formula is C14H14N2O4. The van der Waals surface area contributed by atoms with Crippen LogP contribution in [0.15, 0.2) is 28.7 Å². The second kappa shape index (κ2) is 4.56. The lowest BCUT2D eigenvalue weighted by atomic mass is 10.1. The third-order valence-electron chi connectivity index (χ3n) is 3.54. The average molecular weight is 274 g/mol. The van der Waals surface area contributed by atoms with E-state index >= 15 is 0 Å². The van der Waals surface area contributed by atoms with Gasteiger partial charge in [0.15, 0.2) is 0 Å². The van der Waals surface area contributed by atoms with Crippen LogP contribution in [0, 0.1) is 0 Å². The van der Waals surface area contributed by atoms with Gasteiger partial charge in [0, 0.05) is 31.1 Å². The highest BCUT2D eigenvalue weighted by atomic mass is 16.4. The summed E-state index contributed by atoms with van der Waals surface area (Å²) in [5, 5.41) is 9.99. The summed E-state index contributed by atoms with van der Waals surface area (Å²) < 4.78 is 5.38. The molecule has 0 aliphatic carbocycles. The van der Waals surface area contributed by atoms with Crippen LogP contribution in [0.3, 0.4) is 0 Å². The first kappa shape index (κ1) is 12.5. The van der Waals surface area contributed by atoms with E-state index in [1.54, 1.807) is 29.0 Å². The minimum absolute atomic E-state index is 0.0893. The number of fused-ring (bicyclic) bond motifs is 1. The van der Waals surface area contributed by atoms with Crippen molar-refractivity contribution >= 4 is 23.0 Å². The molecule has 0 atom stereocenters. The molecule has 1 N–H and O–H groups in total. The van der Waals surface area contributed by atoms with Crippen molar-refractivity contribution in [3.8, 4) is 0 Å². The van der Waals surface area contributed by atoms with Crippen LogP contribution in [0.4, 0.5) is 4.79 Å². The van der Waals surface area contributed by atoms with Gasteiger partial charge in [0.25, 0.3) is 0 Å². The fourth-order valence-electron chi connectivity index (χ4n) is 2.47. The van der Waals surface area contributed by atoms with Crippen molar-refractivity contribution in [3.05, 3.63) is 35.6 Å². The van der Waals surface area contributed by atoms with E-state index < -0.39 is 5.97 Å². The van der Waals surface area contributed by atoms with Gasteiger partial charge < -0.3 is 19.3 Å². The summed E-state index contributed by atoms with van der Waals surface area (Å²) in [7, 11) is 1.73. The third kappa shape index (κ3) is 1.89. The normalized spacial score (nSPS) is 15.3. The zero-order valence-electron chi connectivity index (χ0n) is 11.0. The Kier molecular flexibility index (Phi) is 2.85. The standard InChI is InChI=1S/C14H14N2O4/c1-15-6-7-16(14(15)19)8-10-9-4-2-3-5-11(9)20-12(10)13(17)18/h2-5H,6-8H2,1H3,(H,17,18). The van der Waals surface area contributed by atoms with E-state index in [9.17, 15) is 14.7 Å². The first-order valence-electron chi connectivity index (χ1n) is 6.31. The molecule has 0 radical (unpaired) electrons. The number of carbonyl (C=O) groups excluding carboxylic acids is 1. The van der Waals surface area contributed by atoms with Gasteiger partial charge in [-0.25, -0.2) is 9.59 Å². The molecule has 3 rings (SSSR count). The van der Waals surface area contributed by atoms with Crippen LogP contribution in [0.25, 0.3) is 11.0 Å². The lowest BCUT2D eigenvalue weighted by Crippen LogP contribution is -2.29. The van der Waals surface area contributed by atoms with Crippen molar-refractivity contribution in [3.63, 3.8) is 0 Å². The SMILES string of the molecule is CN1CCN(Cc2c(C(=O)O)oc3ccccc23)C1=O. The van der Waals surface area contributed by atoms with Gasteiger partial charge in [-0.15, -0.1) is 0 Å². The van der Waals surface area contributed by atoms with Gasteiger partial charge in [-0.2, -0.15) is 0 Å². The second-order valence-electron chi connectivity index (χ2n) is 4.84. The molecule has 6 heteroatoms. The largest absolute Gasteiger partial charge is 0.475 e. The first-order chi connectivity index (χ1) is 9.58. The van der Waals surface area contributed by atoms with E-state index in [2.05, 4.69) is 0 Å². The summed E-state index contributed by atoms with van der Waals surface area (Å²) in [6.45, 7) is 1.49. The molecule has 20 heavy (non-hydrogen) atoms. The molecule has 1 aliphatic heterocycles. The Morgan fingerprint density at radius 3 is 2.75 bits per heavy atom. The van der Waals surface area contributed by atoms with Crippen molar-refractivity contribution in [2.45, 2.75) is 6.54 Å². The molecule has 1 aliphatic rings. The first-order valence-corrected chi connectivity index (χ1v) is 6.31. The molecular weight excluding hydrogens is 260 g/mol. The number of carbonyl (C=O) groups is 2. The lowest BCUT2D eigenvalue weighted by Gasteiger charge is -2.15. The molecule has 0 unspecified atom stereocenters. The molecule has 2 amide bonds. The highest BCUT2D eigenvalue weighted by Crippen LogP contribution is 2.28. The Hall–Kier alpha value is -2.50. The number of carboxylic acids is 1. The van der Waals surface area contributed by atoms with Crippen LogP contribution in [0.5, 0.6) is 0 Å². The Labute approximate surface area is 115 Å². The Morgan fingerprint density at radius 1 is 1.35 bits per heavy atom. The van der Waals surface area contributed by atoms with E-state index in [4.69, 9.17) is 4.42 Å². The molecule has 2 aromatic rings. The minimum Gasteiger partial charge on any atom is -0.475 e. The number of hydrogen-bond donors (Lipinski definition) is 1. The number of amides is 2. The Morgan fingerprint density at radius 2 is 2.10 bits per heavy atom. The summed E-state index contributed by atoms with van der Waals surface area (Å²) >= 11 is 0. The highest BCUT2D eigenvalue weighted by Gasteiger charge is 2.29. The van der Waals surface area contributed by atoms with Gasteiger partial charge >= 0.3 is 12.0 Å². The number of urea groups is 1. The molecule has 1 fully saturated rings. The maximum atomic E-state index is 11.9. The molecule has 0 spiro atoms. The zero-order chi connectivity index (χ0) is 14.3. The fraction of sp³-hybridized carbons (Fsp3) is 0.286. The van der Waals surface area contributed by atoms with Crippen LogP contribution in [-0.2, 0) is 6.54 Å². The van der Waals surface area contributed by atoms with Crippen molar-refractivity contribution in [2.75, 3.05) is 20.1 Å². The molecule has 0 bridgehead atoms. The van der Waals surface area contributed by atoms with Gasteiger partial charge in [-0.1, -0.05) is 18.2 Å². The van der Waals surface area contributed by atoms with Gasteiger partial charge in [0.1, 0.15) is 5.58 Å². The van der Waals surface area contributed by atoms with Crippen LogP contribution in [0.1, 0.15) is 16.1 Å². The summed E-state index contributed by atoms with van der Waals surface area (Å²) in [4.78, 5) is 26.5. The van der Waals surface area contributed by atoms with Crippen LogP contribution >= 0.6 is 0 Å². The third-order valence-corrected chi connectivity index (χ3v) is 3.54. The van der Waals surface area contributed by atoms with Crippen molar-refractivity contribution < 1.29 is 19.1 Å². The molecule has 2 heterocycles. The fourth-order valence-corrected chi connectivity index (χ4v) is 2.47. The number of likely N-dealkylation sites (N-methyl/N-ethyl adjacent to an activating group) is 1. The Bertz CT molecular complexity index is 692. The number of aromatic carboxylic acids is 1. The zero-order valence-corrected chi connectivity index (χ0v) is 11.0. The van der Waals surface area contributed by atoms with E-state index in [1.807, 2.05) is 12.1 Å². The molecule has 0 saturated carbocycles. The van der Waals surface area contributed by atoms with E-state index in [0.29, 0.717) is 24.2 Å². The van der Waals surface area contributed by atoms with E-state index in [1.165, 1.54) is 0 Å². The summed E-state index contributed by atoms with van der Waals surface area (Å²) in [6, 6.07) is 7.06. The molecule has 6 nitrogen and oxygen atoms in total. The monoisotopic (exact) mass is 274 g/mol. The van der Waals surface area contributed by atoms with Crippen molar-refractivity contribution in [2.24, 2.45) is 0 Å². The number of benzene rings is 1. The molecule has 1 aromatic heterocycles. The number of carboxylic acid groups (broad SMARTS) is 1. The molecule has 1 saturated heterocycles. The minimum atomic E-state index is -1.11. The lowest BCUT2D eigenvalue weighted by molar-refractivity contribution is 0.0662. The van der Waals surface area contributed by atoms with Crippen LogP contribution in [0.2, 0.25) is 0 Å². The predicted molar refractivity (Wildman–Crippen MR) is 71.6 cm³/mol. The summed E-state index contributed by atoms with van der Waals surface area (Å²) in [5.74, 6) is -1.20. The molecule has 104 valence electrons. The summed E-state index contributed by atoms with van der Waals surface area (Å²) in [6.07, 6.45) is 0. The number of para-hydroxylation sites is 1. The molecule has 1 aromatic carbocycles. The van der Waals surface area contributed by atoms with Gasteiger partial charge in [-0.3, -0.25) is 0 Å². The average Bonchev–Trinajstić information content (AvgIpc) is 2.95. The van der Waals surface area contributed by atoms with E-state index in [-0.39, 0.29) is 18.3 Å². The van der Waals surface area contributed by atoms with Crippen LogP contribution in [-0.4, -0.2) is 47.0 Å². The number of furan rings is 1. The van der Waals surface area contributed by atoms with Crippen molar-refractivity contribution in [1.82, 2.24) is 9.80 Å². The quantitative estimate of drug-likeness (QED) is 0.929. The predicted octanol–water partition coefficient (Wildman–Crippen LogP) is 2.00. The smallest absolute Gasteiger partial charge is 0.372 e. The Balaban J connectivity index is 2.03. The number of nitrogens with zero attached hydrogens (tertiary/aromatic N) is 2. The summed E-state index contributed by atoms with van der Waals surface area (Å²) in [5.41, 5.74) is 1.08. The maximum absolute atomic E-state index is 11.9. The van der Waals surface area contributed by atoms with Gasteiger partial charge in [0.2, 0.25) is 5.76 Å². The van der Waals surface area contributed by atoms with Gasteiger partial charge in [0.05, 0.1) is 6.54 Å². The second-order valence-corrected chi connectivity index (χ2v) is 4.84. The van der Waals surface area contributed by atoms with Gasteiger partial charge in [-0.05, 0) is 6.07 Å². The number of hydrogen-bond acceptors (Lipinski definition) is 3. The van der Waals surface area contributed by atoms with Crippen LogP contribution < -0.4 is 0 Å². The van der Waals surface area contributed by atoms with Crippen molar-refractivity contribution in [1.29, 1.82) is 0 Å². The van der Waals surface area contributed by atoms with E-state index in [0.717, 1.165) is 5.39 Å².